The Morgan fingerprint density at radius 3 is 2.76 bits per heavy atom. The number of hydrogen-bond donors (Lipinski definition) is 0. The highest BCUT2D eigenvalue weighted by Crippen LogP contribution is 2.37. The van der Waals surface area contributed by atoms with E-state index >= 15 is 0 Å². The molecule has 0 aromatic heterocycles. The zero-order valence-corrected chi connectivity index (χ0v) is 12.4. The first-order chi connectivity index (χ1) is 9.93. The van der Waals surface area contributed by atoms with Crippen LogP contribution in [0.2, 0.25) is 0 Å². The highest BCUT2D eigenvalue weighted by molar-refractivity contribution is 6.34. The highest BCUT2D eigenvalue weighted by Gasteiger charge is 2.33. The molecule has 1 aromatic carbocycles. The van der Waals surface area contributed by atoms with E-state index < -0.39 is 11.8 Å². The van der Waals surface area contributed by atoms with Gasteiger partial charge in [0.15, 0.2) is 0 Å². The van der Waals surface area contributed by atoms with Crippen molar-refractivity contribution in [1.29, 1.82) is 0 Å². The number of esters is 1. The van der Waals surface area contributed by atoms with Crippen molar-refractivity contribution in [1.82, 2.24) is 0 Å². The van der Waals surface area contributed by atoms with Crippen LogP contribution in [-0.2, 0) is 14.3 Å². The van der Waals surface area contributed by atoms with E-state index in [-0.39, 0.29) is 24.0 Å². The van der Waals surface area contributed by atoms with Gasteiger partial charge in [0.2, 0.25) is 0 Å². The molecule has 0 bridgehead atoms. The molecule has 21 heavy (non-hydrogen) atoms. The van der Waals surface area contributed by atoms with E-state index in [1.54, 1.807) is 17.9 Å². The summed E-state index contributed by atoms with van der Waals surface area (Å²) >= 11 is 0. The Morgan fingerprint density at radius 2 is 2.14 bits per heavy atom. The number of carbonyl (C=O) groups is 2. The summed E-state index contributed by atoms with van der Waals surface area (Å²) in [6.45, 7) is 6.40. The van der Waals surface area contributed by atoms with Gasteiger partial charge < -0.3 is 9.64 Å². The van der Waals surface area contributed by atoms with E-state index in [1.807, 2.05) is 13.8 Å². The molecule has 5 heteroatoms. The van der Waals surface area contributed by atoms with Gasteiger partial charge >= 0.3 is 5.97 Å². The quantitative estimate of drug-likeness (QED) is 0.633. The fraction of sp³-hybridized carbons (Fsp3) is 0.375. The molecule has 4 nitrogen and oxygen atoms in total. The van der Waals surface area contributed by atoms with Crippen LogP contribution >= 0.6 is 0 Å². The molecule has 0 N–H and O–H groups in total. The summed E-state index contributed by atoms with van der Waals surface area (Å²) in [5, 5.41) is 0. The largest absolute Gasteiger partial charge is 0.463 e. The first-order valence-electron chi connectivity index (χ1n) is 6.94. The Morgan fingerprint density at radius 1 is 1.43 bits per heavy atom. The van der Waals surface area contributed by atoms with Crippen LogP contribution in [0.1, 0.15) is 26.3 Å². The SMILES string of the molecule is CCOC(=O)/C=C1/C(=O)N(CC(C)C)c2ccc(F)cc21. The lowest BCUT2D eigenvalue weighted by Crippen LogP contribution is -2.30. The topological polar surface area (TPSA) is 46.6 Å². The average molecular weight is 291 g/mol. The lowest BCUT2D eigenvalue weighted by molar-refractivity contribution is -0.137. The maximum absolute atomic E-state index is 13.5. The minimum absolute atomic E-state index is 0.184. The molecular formula is C16H18FNO3. The Hall–Kier alpha value is -2.17. The highest BCUT2D eigenvalue weighted by atomic mass is 19.1. The van der Waals surface area contributed by atoms with Crippen molar-refractivity contribution in [3.8, 4) is 0 Å². The molecule has 0 saturated carbocycles. The summed E-state index contributed by atoms with van der Waals surface area (Å²) in [7, 11) is 0. The molecule has 0 atom stereocenters. The average Bonchev–Trinajstić information content (AvgIpc) is 2.64. The predicted octanol–water partition coefficient (Wildman–Crippen LogP) is 2.77. The summed E-state index contributed by atoms with van der Waals surface area (Å²) in [5.74, 6) is -1.07. The summed E-state index contributed by atoms with van der Waals surface area (Å²) in [6.07, 6.45) is 1.14. The number of hydrogen-bond acceptors (Lipinski definition) is 3. The van der Waals surface area contributed by atoms with Gasteiger partial charge in [-0.25, -0.2) is 9.18 Å². The van der Waals surface area contributed by atoms with Crippen molar-refractivity contribution in [3.05, 3.63) is 35.7 Å². The molecule has 0 saturated heterocycles. The van der Waals surface area contributed by atoms with Gasteiger partial charge in [-0.15, -0.1) is 0 Å². The molecule has 0 radical (unpaired) electrons. The lowest BCUT2D eigenvalue weighted by atomic mass is 10.1. The summed E-state index contributed by atoms with van der Waals surface area (Å²) in [6, 6.07) is 4.16. The van der Waals surface area contributed by atoms with Crippen molar-refractivity contribution in [3.63, 3.8) is 0 Å². The molecule has 112 valence electrons. The van der Waals surface area contributed by atoms with Gasteiger partial charge in [0.25, 0.3) is 5.91 Å². The van der Waals surface area contributed by atoms with Gasteiger partial charge in [-0.05, 0) is 31.0 Å². The standard InChI is InChI=1S/C16H18FNO3/c1-4-21-15(19)8-13-12-7-11(17)5-6-14(12)18(16(13)20)9-10(2)3/h5-8,10H,4,9H2,1-3H3/b13-8+. The molecule has 0 unspecified atom stereocenters. The number of anilines is 1. The van der Waals surface area contributed by atoms with Crippen LogP contribution in [0.25, 0.3) is 5.57 Å². The Bertz CT molecular complexity index is 608. The monoisotopic (exact) mass is 291 g/mol. The zero-order valence-electron chi connectivity index (χ0n) is 12.4. The second-order valence-electron chi connectivity index (χ2n) is 5.28. The molecule has 2 rings (SSSR count). The molecular weight excluding hydrogens is 273 g/mol. The lowest BCUT2D eigenvalue weighted by Gasteiger charge is -2.19. The second kappa shape index (κ2) is 6.08. The fourth-order valence-electron chi connectivity index (χ4n) is 2.32. The van der Waals surface area contributed by atoms with E-state index in [0.717, 1.165) is 6.08 Å². The molecule has 1 aliphatic rings. The number of carbonyl (C=O) groups excluding carboxylic acids is 2. The second-order valence-corrected chi connectivity index (χ2v) is 5.28. The molecule has 1 amide bonds. The smallest absolute Gasteiger partial charge is 0.331 e. The first-order valence-corrected chi connectivity index (χ1v) is 6.94. The Kier molecular flexibility index (Phi) is 4.40. The summed E-state index contributed by atoms with van der Waals surface area (Å²) in [5.41, 5.74) is 1.25. The van der Waals surface area contributed by atoms with E-state index in [0.29, 0.717) is 17.8 Å². The van der Waals surface area contributed by atoms with Crippen molar-refractivity contribution in [2.45, 2.75) is 20.8 Å². The van der Waals surface area contributed by atoms with Gasteiger partial charge in [0, 0.05) is 18.2 Å². The van der Waals surface area contributed by atoms with Crippen molar-refractivity contribution in [2.75, 3.05) is 18.1 Å². The number of ether oxygens (including phenoxy) is 1. The maximum Gasteiger partial charge on any atom is 0.331 e. The third kappa shape index (κ3) is 3.12. The number of amides is 1. The van der Waals surface area contributed by atoms with Crippen molar-refractivity contribution in [2.24, 2.45) is 5.92 Å². The Balaban J connectivity index is 2.46. The van der Waals surface area contributed by atoms with E-state index in [1.165, 1.54) is 12.1 Å². The maximum atomic E-state index is 13.5. The van der Waals surface area contributed by atoms with Crippen LogP contribution < -0.4 is 4.90 Å². The molecule has 1 aromatic rings. The minimum atomic E-state index is -0.595. The normalized spacial score (nSPS) is 15.8. The van der Waals surface area contributed by atoms with Crippen LogP contribution in [-0.4, -0.2) is 25.0 Å². The number of benzene rings is 1. The van der Waals surface area contributed by atoms with Gasteiger partial charge in [-0.1, -0.05) is 13.8 Å². The van der Waals surface area contributed by atoms with Gasteiger partial charge in [0.05, 0.1) is 17.9 Å². The van der Waals surface area contributed by atoms with Gasteiger partial charge in [0.1, 0.15) is 5.82 Å². The van der Waals surface area contributed by atoms with Crippen LogP contribution in [0, 0.1) is 11.7 Å². The summed E-state index contributed by atoms with van der Waals surface area (Å²) in [4.78, 5) is 25.7. The number of halogens is 1. The molecule has 1 aliphatic heterocycles. The minimum Gasteiger partial charge on any atom is -0.463 e. The van der Waals surface area contributed by atoms with E-state index in [2.05, 4.69) is 0 Å². The Labute approximate surface area is 123 Å². The first kappa shape index (κ1) is 15.2. The van der Waals surface area contributed by atoms with Crippen LogP contribution in [0.5, 0.6) is 0 Å². The van der Waals surface area contributed by atoms with E-state index in [9.17, 15) is 14.0 Å². The van der Waals surface area contributed by atoms with Gasteiger partial charge in [-0.2, -0.15) is 0 Å². The van der Waals surface area contributed by atoms with Crippen molar-refractivity contribution < 1.29 is 18.7 Å². The summed E-state index contributed by atoms with van der Waals surface area (Å²) < 4.78 is 18.3. The molecule has 0 spiro atoms. The zero-order chi connectivity index (χ0) is 15.6. The number of fused-ring (bicyclic) bond motifs is 1. The fourth-order valence-corrected chi connectivity index (χ4v) is 2.32. The predicted molar refractivity (Wildman–Crippen MR) is 78.2 cm³/mol. The van der Waals surface area contributed by atoms with Crippen LogP contribution in [0.3, 0.4) is 0 Å². The van der Waals surface area contributed by atoms with Gasteiger partial charge in [-0.3, -0.25) is 4.79 Å². The molecule has 0 aliphatic carbocycles. The molecule has 1 heterocycles. The third-order valence-electron chi connectivity index (χ3n) is 3.11. The number of nitrogens with zero attached hydrogens (tertiary/aromatic N) is 1. The molecule has 0 fully saturated rings. The van der Waals surface area contributed by atoms with Crippen molar-refractivity contribution >= 4 is 23.1 Å². The third-order valence-corrected chi connectivity index (χ3v) is 3.11. The number of rotatable bonds is 4. The van der Waals surface area contributed by atoms with E-state index in [4.69, 9.17) is 4.74 Å². The van der Waals surface area contributed by atoms with Crippen LogP contribution in [0.4, 0.5) is 10.1 Å². The van der Waals surface area contributed by atoms with Crippen LogP contribution in [0.15, 0.2) is 24.3 Å².